The van der Waals surface area contributed by atoms with Gasteiger partial charge >= 0.3 is 20.1 Å². The van der Waals surface area contributed by atoms with Crippen molar-refractivity contribution in [3.63, 3.8) is 0 Å². The summed E-state index contributed by atoms with van der Waals surface area (Å²) in [5, 5.41) is 0. The fourth-order valence-corrected chi connectivity index (χ4v) is 10.1. The van der Waals surface area contributed by atoms with Crippen molar-refractivity contribution in [1.82, 2.24) is 28.9 Å². The zero-order valence-corrected chi connectivity index (χ0v) is 43.1. The van der Waals surface area contributed by atoms with E-state index in [1.165, 1.54) is 38.9 Å². The summed E-state index contributed by atoms with van der Waals surface area (Å²) in [6.07, 6.45) is 6.29. The molecule has 74 heavy (non-hydrogen) atoms. The number of aryl methyl sites for hydroxylation is 2. The number of pyridine rings is 3. The second-order valence-corrected chi connectivity index (χ2v) is 18.1. The van der Waals surface area contributed by atoms with E-state index in [0.29, 0.717) is 0 Å². The Balaban J connectivity index is 0.000000185. The van der Waals surface area contributed by atoms with Gasteiger partial charge in [-0.3, -0.25) is 8.97 Å². The smallest absolute Gasteiger partial charge is 0.305 e. The summed E-state index contributed by atoms with van der Waals surface area (Å²) in [5.74, 6) is 0.874. The number of hydrogen-bond acceptors (Lipinski definition) is 4. The normalized spacial score (nSPS) is 11.1. The minimum Gasteiger partial charge on any atom is -0.305 e. The van der Waals surface area contributed by atoms with Crippen molar-refractivity contribution < 1.29 is 20.1 Å². The molecule has 0 saturated heterocycles. The predicted molar refractivity (Wildman–Crippen MR) is 297 cm³/mol. The molecule has 7 heteroatoms. The molecule has 13 rings (SSSR count). The molecule has 8 aromatic carbocycles. The van der Waals surface area contributed by atoms with Crippen LogP contribution in [0.3, 0.4) is 0 Å². The van der Waals surface area contributed by atoms with Crippen LogP contribution in [0.1, 0.15) is 22.3 Å². The zero-order chi connectivity index (χ0) is 49.1. The molecule has 0 bridgehead atoms. The summed E-state index contributed by atoms with van der Waals surface area (Å²) in [7, 11) is 0. The molecule has 354 valence electrons. The number of imidazole rings is 2. The second kappa shape index (κ2) is 21.1. The van der Waals surface area contributed by atoms with Gasteiger partial charge in [-0.1, -0.05) is 114 Å². The van der Waals surface area contributed by atoms with Crippen LogP contribution in [0.25, 0.3) is 101 Å². The summed E-state index contributed by atoms with van der Waals surface area (Å²) in [5.41, 5.74) is 23.1. The molecule has 0 atom stereocenters. The molecule has 0 amide bonds. The summed E-state index contributed by atoms with van der Waals surface area (Å²) in [6, 6.07) is 85.3. The van der Waals surface area contributed by atoms with Crippen LogP contribution >= 0.6 is 0 Å². The molecule has 0 radical (unpaired) electrons. The molecule has 5 aromatic heterocycles. The minimum absolute atomic E-state index is 0. The number of aromatic nitrogens is 6. The second-order valence-electron chi connectivity index (χ2n) is 18.1. The first kappa shape index (κ1) is 47.5. The van der Waals surface area contributed by atoms with Crippen LogP contribution < -0.4 is 0 Å². The fourth-order valence-electron chi connectivity index (χ4n) is 10.1. The van der Waals surface area contributed by atoms with E-state index in [1.54, 1.807) is 0 Å². The summed E-state index contributed by atoms with van der Waals surface area (Å²) >= 11 is 0. The third-order valence-corrected chi connectivity index (χ3v) is 13.4. The third kappa shape index (κ3) is 9.39. The van der Waals surface area contributed by atoms with Crippen LogP contribution in [0.4, 0.5) is 0 Å². The van der Waals surface area contributed by atoms with Gasteiger partial charge < -0.3 is 15.0 Å². The Morgan fingerprint density at radius 3 is 1.93 bits per heavy atom. The molecule has 0 aliphatic carbocycles. The van der Waals surface area contributed by atoms with Crippen molar-refractivity contribution in [1.29, 1.82) is 0 Å². The minimum atomic E-state index is 0. The molecule has 6 nitrogen and oxygen atoms in total. The Labute approximate surface area is 444 Å². The van der Waals surface area contributed by atoms with E-state index in [-0.39, 0.29) is 20.1 Å². The van der Waals surface area contributed by atoms with Gasteiger partial charge in [0.25, 0.3) is 0 Å². The van der Waals surface area contributed by atoms with Crippen molar-refractivity contribution in [3.8, 4) is 72.8 Å². The maximum absolute atomic E-state index is 5.23. The predicted octanol–water partition coefficient (Wildman–Crippen LogP) is 15.9. The third-order valence-electron chi connectivity index (χ3n) is 13.4. The Bertz CT molecular complexity index is 4040. The number of benzene rings is 8. The maximum atomic E-state index is 5.23. The summed E-state index contributed by atoms with van der Waals surface area (Å²) in [4.78, 5) is 19.1. The van der Waals surface area contributed by atoms with Crippen molar-refractivity contribution in [2.75, 3.05) is 0 Å². The molecule has 0 aliphatic heterocycles. The number of rotatable bonds is 9. The van der Waals surface area contributed by atoms with Gasteiger partial charge in [0.2, 0.25) is 5.78 Å². The van der Waals surface area contributed by atoms with E-state index < -0.39 is 0 Å². The first-order chi connectivity index (χ1) is 36.0. The topological polar surface area (TPSA) is 60.9 Å². The van der Waals surface area contributed by atoms with E-state index >= 15 is 0 Å². The van der Waals surface area contributed by atoms with Gasteiger partial charge in [0.15, 0.2) is 0 Å². The standard InChI is InChI=1S/C42H27N5.C25H20N.Ir/c1-3-12-30(13-4-1)40-33(16-11-25-44-40)26-29-22-23-37-39(27-29)47-41-35(31-14-9-15-32(28-31)36-20-7-8-24-43-36)19-10-21-38(41)46(42(47)45-37)34-17-5-2-6-18-34;1-18-15-23(20-9-5-3-6-10-20)16-19(2)25(18)22-13-14-26-24(17-22)21-11-7-4-8-12-21;/h1-12,14,16-25,27-28H,26H2;3-11,13-17H,1-2H3;/q-2;-1;+3. The van der Waals surface area contributed by atoms with Crippen LogP contribution in [-0.4, -0.2) is 28.9 Å². The van der Waals surface area contributed by atoms with Crippen molar-refractivity contribution >= 4 is 27.8 Å². The van der Waals surface area contributed by atoms with E-state index in [2.05, 4.69) is 191 Å². The van der Waals surface area contributed by atoms with Crippen LogP contribution in [0.5, 0.6) is 0 Å². The summed E-state index contributed by atoms with van der Waals surface area (Å²) in [6.45, 7) is 4.37. The Hall–Kier alpha value is -8.87. The number of para-hydroxylation sites is 2. The molecule has 0 spiro atoms. The van der Waals surface area contributed by atoms with Crippen LogP contribution in [0.15, 0.2) is 237 Å². The van der Waals surface area contributed by atoms with Crippen LogP contribution in [-0.2, 0) is 26.5 Å². The average Bonchev–Trinajstić information content (AvgIpc) is 4.00. The van der Waals surface area contributed by atoms with Gasteiger partial charge in [0.1, 0.15) is 0 Å². The molecule has 0 fully saturated rings. The molecule has 5 heterocycles. The maximum Gasteiger partial charge on any atom is 3.00 e. The quantitative estimate of drug-likeness (QED) is 0.135. The SMILES string of the molecule is Cc1cc(-c2ccccc2)cc(C)c1-c1ccnc(-c2[c-]cccc2)c1.[Ir+3].[c-]1ccc(-c2cccc3c2n2c4cc(Cc5cccnc5-c5[c-]cccc5)ccc4nc2n3-c2ccccc2)cc1-c1ccccn1. The first-order valence-electron chi connectivity index (χ1n) is 24.5. The number of nitrogens with zero attached hydrogens (tertiary/aromatic N) is 6. The Kier molecular flexibility index (Phi) is 13.5. The average molecular weight is 1130 g/mol. The molecule has 0 unspecified atom stereocenters. The molecule has 13 aromatic rings. The van der Waals surface area contributed by atoms with Gasteiger partial charge in [-0.25, -0.2) is 4.98 Å². The van der Waals surface area contributed by atoms with Gasteiger partial charge in [-0.05, 0) is 130 Å². The van der Waals surface area contributed by atoms with Crippen LogP contribution in [0.2, 0.25) is 0 Å². The van der Waals surface area contributed by atoms with Crippen molar-refractivity contribution in [3.05, 3.63) is 277 Å². The fraction of sp³-hybridized carbons (Fsp3) is 0.0448. The largest absolute Gasteiger partial charge is 3.00 e. The zero-order valence-electron chi connectivity index (χ0n) is 40.7. The first-order valence-corrected chi connectivity index (χ1v) is 24.5. The summed E-state index contributed by atoms with van der Waals surface area (Å²) < 4.78 is 4.58. The van der Waals surface area contributed by atoms with Gasteiger partial charge in [0, 0.05) is 24.3 Å². The molecule has 0 saturated carbocycles. The van der Waals surface area contributed by atoms with E-state index in [9.17, 15) is 0 Å². The van der Waals surface area contributed by atoms with Crippen LogP contribution in [0, 0.1) is 32.0 Å². The van der Waals surface area contributed by atoms with E-state index in [0.717, 1.165) is 90.4 Å². The van der Waals surface area contributed by atoms with E-state index in [4.69, 9.17) is 9.97 Å². The van der Waals surface area contributed by atoms with Crippen molar-refractivity contribution in [2.45, 2.75) is 20.3 Å². The Morgan fingerprint density at radius 1 is 0.459 bits per heavy atom. The molecular weight excluding hydrogens is 1080 g/mol. The van der Waals surface area contributed by atoms with Crippen molar-refractivity contribution in [2.24, 2.45) is 0 Å². The van der Waals surface area contributed by atoms with Gasteiger partial charge in [-0.2, -0.15) is 0 Å². The molecule has 0 aliphatic rings. The number of hydrogen-bond donors (Lipinski definition) is 0. The van der Waals surface area contributed by atoms with Gasteiger partial charge in [0.05, 0.1) is 22.1 Å². The van der Waals surface area contributed by atoms with Gasteiger partial charge in [-0.15, -0.1) is 102 Å². The van der Waals surface area contributed by atoms with E-state index in [1.807, 2.05) is 97.5 Å². The molecule has 0 N–H and O–H groups in total. The molecular formula is C67H47IrN6. The number of fused-ring (bicyclic) bond motifs is 5. The monoisotopic (exact) mass is 1130 g/mol. The Morgan fingerprint density at radius 2 is 1.18 bits per heavy atom.